The van der Waals surface area contributed by atoms with Crippen LogP contribution in [0.15, 0.2) is 17.6 Å². The molecule has 3 rings (SSSR count). The van der Waals surface area contributed by atoms with E-state index in [4.69, 9.17) is 0 Å². The normalized spacial score (nSPS) is 12.4. The van der Waals surface area contributed by atoms with Gasteiger partial charge in [-0.3, -0.25) is 4.40 Å². The molecule has 3 aromatic heterocycles. The minimum Gasteiger partial charge on any atom is -0.370 e. The van der Waals surface area contributed by atoms with Crippen LogP contribution in [-0.2, 0) is 6.18 Å². The molecule has 0 saturated heterocycles. The molecule has 1 N–H and O–H groups in total. The number of imidazole rings is 1. The zero-order valence-electron chi connectivity index (χ0n) is 9.12. The van der Waals surface area contributed by atoms with Crippen molar-refractivity contribution in [3.63, 3.8) is 0 Å². The van der Waals surface area contributed by atoms with Crippen molar-refractivity contribution in [2.75, 3.05) is 12.4 Å². The lowest BCUT2D eigenvalue weighted by molar-refractivity contribution is -0.141. The molecule has 0 fully saturated rings. The summed E-state index contributed by atoms with van der Waals surface area (Å²) in [4.78, 5) is 8.47. The zero-order valence-corrected chi connectivity index (χ0v) is 9.93. The number of fused-ring (bicyclic) bond motifs is 3. The summed E-state index contributed by atoms with van der Waals surface area (Å²) in [5.41, 5.74) is -0.0935. The molecule has 3 heterocycles. The SMILES string of the molecule is CNc1nc2ccsc2n2c(C(F)(F)F)cnc12. The molecule has 0 amide bonds. The van der Waals surface area contributed by atoms with Crippen molar-refractivity contribution < 1.29 is 13.2 Å². The second-order valence-corrected chi connectivity index (χ2v) is 4.52. The molecule has 0 aromatic carbocycles. The van der Waals surface area contributed by atoms with Crippen LogP contribution in [0.1, 0.15) is 5.69 Å². The van der Waals surface area contributed by atoms with Gasteiger partial charge in [-0.1, -0.05) is 0 Å². The lowest BCUT2D eigenvalue weighted by Gasteiger charge is -2.08. The predicted octanol–water partition coefficient (Wildman–Crippen LogP) is 3.00. The molecular weight excluding hydrogens is 265 g/mol. The van der Waals surface area contributed by atoms with E-state index in [1.54, 1.807) is 18.5 Å². The Labute approximate surface area is 103 Å². The van der Waals surface area contributed by atoms with Gasteiger partial charge in [0, 0.05) is 7.05 Å². The maximum absolute atomic E-state index is 12.9. The highest BCUT2D eigenvalue weighted by Gasteiger charge is 2.35. The van der Waals surface area contributed by atoms with Crippen LogP contribution in [0, 0.1) is 0 Å². The van der Waals surface area contributed by atoms with Crippen LogP contribution in [0.4, 0.5) is 19.0 Å². The van der Waals surface area contributed by atoms with Gasteiger partial charge in [-0.25, -0.2) is 9.97 Å². The summed E-state index contributed by atoms with van der Waals surface area (Å²) < 4.78 is 39.9. The molecule has 8 heteroatoms. The van der Waals surface area contributed by atoms with Gasteiger partial charge in [-0.15, -0.1) is 11.3 Å². The van der Waals surface area contributed by atoms with Gasteiger partial charge in [0.25, 0.3) is 0 Å². The third-order valence-electron chi connectivity index (χ3n) is 2.56. The van der Waals surface area contributed by atoms with Crippen LogP contribution in [-0.4, -0.2) is 21.4 Å². The molecule has 3 aromatic rings. The highest BCUT2D eigenvalue weighted by atomic mass is 32.1. The van der Waals surface area contributed by atoms with E-state index in [2.05, 4.69) is 15.3 Å². The molecule has 0 radical (unpaired) electrons. The number of alkyl halides is 3. The Balaban J connectivity index is 2.51. The number of hydrogen-bond acceptors (Lipinski definition) is 4. The molecule has 94 valence electrons. The van der Waals surface area contributed by atoms with Gasteiger partial charge in [0.05, 0.1) is 6.20 Å². The van der Waals surface area contributed by atoms with Crippen molar-refractivity contribution in [1.29, 1.82) is 0 Å². The minimum absolute atomic E-state index is 0.180. The van der Waals surface area contributed by atoms with Gasteiger partial charge in [0.15, 0.2) is 11.5 Å². The van der Waals surface area contributed by atoms with Crippen LogP contribution >= 0.6 is 11.3 Å². The molecule has 4 nitrogen and oxygen atoms in total. The molecule has 0 aliphatic heterocycles. The number of aromatic nitrogens is 3. The Morgan fingerprint density at radius 2 is 2.17 bits per heavy atom. The summed E-state index contributed by atoms with van der Waals surface area (Å²) in [5, 5.41) is 4.46. The second kappa shape index (κ2) is 3.58. The van der Waals surface area contributed by atoms with E-state index in [9.17, 15) is 13.2 Å². The Kier molecular flexibility index (Phi) is 2.24. The zero-order chi connectivity index (χ0) is 12.9. The van der Waals surface area contributed by atoms with E-state index in [1.807, 2.05) is 0 Å². The first kappa shape index (κ1) is 11.3. The van der Waals surface area contributed by atoms with E-state index in [0.29, 0.717) is 16.2 Å². The molecule has 0 saturated carbocycles. The quantitative estimate of drug-likeness (QED) is 0.740. The van der Waals surface area contributed by atoms with Crippen molar-refractivity contribution in [2.24, 2.45) is 0 Å². The van der Waals surface area contributed by atoms with Gasteiger partial charge in [0.2, 0.25) is 0 Å². The Hall–Kier alpha value is -1.83. The van der Waals surface area contributed by atoms with Crippen molar-refractivity contribution >= 4 is 33.1 Å². The molecule has 0 atom stereocenters. The fourth-order valence-corrected chi connectivity index (χ4v) is 2.66. The summed E-state index contributed by atoms with van der Waals surface area (Å²) in [6.07, 6.45) is -3.61. The molecule has 0 aliphatic carbocycles. The molecule has 0 bridgehead atoms. The summed E-state index contributed by atoms with van der Waals surface area (Å²) in [7, 11) is 1.60. The van der Waals surface area contributed by atoms with Crippen LogP contribution in [0.2, 0.25) is 0 Å². The summed E-state index contributed by atoms with van der Waals surface area (Å²) in [6.45, 7) is 0. The maximum atomic E-state index is 12.9. The average molecular weight is 272 g/mol. The maximum Gasteiger partial charge on any atom is 0.433 e. The second-order valence-electron chi connectivity index (χ2n) is 3.62. The molecular formula is C10H7F3N4S. The van der Waals surface area contributed by atoms with E-state index in [0.717, 1.165) is 10.6 Å². The lowest BCUT2D eigenvalue weighted by Crippen LogP contribution is -2.09. The summed E-state index contributed by atoms with van der Waals surface area (Å²) >= 11 is 1.20. The third kappa shape index (κ3) is 1.45. The van der Waals surface area contributed by atoms with Gasteiger partial charge in [-0.2, -0.15) is 13.2 Å². The first-order valence-electron chi connectivity index (χ1n) is 5.02. The highest BCUT2D eigenvalue weighted by Crippen LogP contribution is 2.34. The van der Waals surface area contributed by atoms with Gasteiger partial charge < -0.3 is 5.32 Å². The van der Waals surface area contributed by atoms with Crippen LogP contribution < -0.4 is 5.32 Å². The molecule has 0 aliphatic rings. The Bertz CT molecular complexity index is 728. The molecule has 18 heavy (non-hydrogen) atoms. The monoisotopic (exact) mass is 272 g/mol. The minimum atomic E-state index is -4.44. The van der Waals surface area contributed by atoms with Crippen molar-refractivity contribution in [2.45, 2.75) is 6.18 Å². The topological polar surface area (TPSA) is 42.2 Å². The number of anilines is 1. The molecule has 0 spiro atoms. The lowest BCUT2D eigenvalue weighted by atomic mass is 10.4. The summed E-state index contributed by atoms with van der Waals surface area (Å²) in [5.74, 6) is 0.330. The number of rotatable bonds is 1. The largest absolute Gasteiger partial charge is 0.433 e. The first-order chi connectivity index (χ1) is 8.52. The third-order valence-corrected chi connectivity index (χ3v) is 3.45. The Morgan fingerprint density at radius 3 is 2.83 bits per heavy atom. The van der Waals surface area contributed by atoms with Gasteiger partial charge in [0.1, 0.15) is 16.0 Å². The van der Waals surface area contributed by atoms with Crippen molar-refractivity contribution in [1.82, 2.24) is 14.4 Å². The Morgan fingerprint density at radius 1 is 1.39 bits per heavy atom. The number of nitrogens with one attached hydrogen (secondary N) is 1. The van der Waals surface area contributed by atoms with E-state index < -0.39 is 11.9 Å². The number of nitrogens with zero attached hydrogens (tertiary/aromatic N) is 3. The van der Waals surface area contributed by atoms with Crippen molar-refractivity contribution in [3.8, 4) is 0 Å². The summed E-state index contributed by atoms with van der Waals surface area (Å²) in [6, 6.07) is 1.68. The van der Waals surface area contributed by atoms with E-state index in [-0.39, 0.29) is 5.65 Å². The van der Waals surface area contributed by atoms with Crippen molar-refractivity contribution in [3.05, 3.63) is 23.3 Å². The first-order valence-corrected chi connectivity index (χ1v) is 5.90. The van der Waals surface area contributed by atoms with E-state index in [1.165, 1.54) is 11.3 Å². The van der Waals surface area contributed by atoms with Crippen LogP contribution in [0.5, 0.6) is 0 Å². The van der Waals surface area contributed by atoms with Gasteiger partial charge in [-0.05, 0) is 11.4 Å². The number of hydrogen-bond donors (Lipinski definition) is 1. The van der Waals surface area contributed by atoms with E-state index >= 15 is 0 Å². The highest BCUT2D eigenvalue weighted by molar-refractivity contribution is 7.16. The number of halogens is 3. The fraction of sp³-hybridized carbons (Fsp3) is 0.200. The smallest absolute Gasteiger partial charge is 0.370 e. The standard InChI is InChI=1S/C10H7F3N4S/c1-14-7-8-15-4-6(10(11,12)13)17(8)9-5(16-7)2-3-18-9/h2-4H,1H3,(H,14,16). The molecule has 0 unspecified atom stereocenters. The van der Waals surface area contributed by atoms with Crippen LogP contribution in [0.3, 0.4) is 0 Å². The number of thiophene rings is 1. The fourth-order valence-electron chi connectivity index (χ4n) is 1.81. The van der Waals surface area contributed by atoms with Crippen LogP contribution in [0.25, 0.3) is 16.0 Å². The predicted molar refractivity (Wildman–Crippen MR) is 62.9 cm³/mol. The average Bonchev–Trinajstić information content (AvgIpc) is 2.92. The van der Waals surface area contributed by atoms with Gasteiger partial charge >= 0.3 is 6.18 Å².